The Balaban J connectivity index is 2.14. The summed E-state index contributed by atoms with van der Waals surface area (Å²) in [6.45, 7) is 5.56. The fourth-order valence-corrected chi connectivity index (χ4v) is 3.14. The van der Waals surface area contributed by atoms with E-state index in [1.807, 2.05) is 13.8 Å². The molecule has 0 saturated heterocycles. The van der Waals surface area contributed by atoms with Gasteiger partial charge in [-0.3, -0.25) is 4.79 Å². The van der Waals surface area contributed by atoms with Crippen LogP contribution in [0.2, 0.25) is 0 Å². The number of halogens is 3. The van der Waals surface area contributed by atoms with Crippen LogP contribution in [0, 0.1) is 0 Å². The Morgan fingerprint density at radius 3 is 2.21 bits per heavy atom. The predicted molar refractivity (Wildman–Crippen MR) is 117 cm³/mol. The van der Waals surface area contributed by atoms with Gasteiger partial charge in [-0.05, 0) is 56.2 Å². The summed E-state index contributed by atoms with van der Waals surface area (Å²) >= 11 is 0. The largest absolute Gasteiger partial charge is 0.495 e. The molecular weight excluding hydrogens is 439 g/mol. The van der Waals surface area contributed by atoms with Crippen LogP contribution in [-0.2, 0) is 38.1 Å². The lowest BCUT2D eigenvalue weighted by atomic mass is 10.1. The van der Waals surface area contributed by atoms with Crippen molar-refractivity contribution in [2.75, 3.05) is 19.0 Å². The van der Waals surface area contributed by atoms with Gasteiger partial charge in [-0.15, -0.1) is 0 Å². The van der Waals surface area contributed by atoms with Crippen molar-refractivity contribution in [2.24, 2.45) is 0 Å². The van der Waals surface area contributed by atoms with E-state index in [0.717, 1.165) is 12.1 Å². The second-order valence-electron chi connectivity index (χ2n) is 7.58. The van der Waals surface area contributed by atoms with Crippen LogP contribution in [0.3, 0.4) is 0 Å². The first-order valence-corrected chi connectivity index (χ1v) is 10.5. The maximum absolute atomic E-state index is 12.7. The fourth-order valence-electron chi connectivity index (χ4n) is 3.14. The smallest absolute Gasteiger partial charge is 0.416 e. The molecule has 0 spiro atoms. The lowest BCUT2D eigenvalue weighted by molar-refractivity contribution is -0.159. The van der Waals surface area contributed by atoms with Crippen LogP contribution >= 0.6 is 0 Å². The van der Waals surface area contributed by atoms with Gasteiger partial charge < -0.3 is 19.5 Å². The van der Waals surface area contributed by atoms with Gasteiger partial charge in [0.15, 0.2) is 6.10 Å². The highest BCUT2D eigenvalue weighted by atomic mass is 19.4. The van der Waals surface area contributed by atoms with Gasteiger partial charge in [0, 0.05) is 6.42 Å². The monoisotopic (exact) mass is 467 g/mol. The van der Waals surface area contributed by atoms with E-state index < -0.39 is 29.7 Å². The Bertz CT molecular complexity index is 942. The Labute approximate surface area is 191 Å². The number of anilines is 1. The van der Waals surface area contributed by atoms with E-state index in [4.69, 9.17) is 14.2 Å². The number of carbonyl (C=O) groups excluding carboxylic acids is 2. The average molecular weight is 467 g/mol. The van der Waals surface area contributed by atoms with E-state index in [-0.39, 0.29) is 25.6 Å². The van der Waals surface area contributed by atoms with Crippen molar-refractivity contribution >= 4 is 17.6 Å². The molecule has 0 bridgehead atoms. The van der Waals surface area contributed by atoms with E-state index in [0.29, 0.717) is 22.6 Å². The van der Waals surface area contributed by atoms with Gasteiger partial charge >= 0.3 is 12.1 Å². The van der Waals surface area contributed by atoms with Crippen LogP contribution in [0.25, 0.3) is 0 Å². The summed E-state index contributed by atoms with van der Waals surface area (Å²) in [6.07, 6.45) is -5.33. The summed E-state index contributed by atoms with van der Waals surface area (Å²) < 4.78 is 54.2. The number of esters is 1. The third-order valence-corrected chi connectivity index (χ3v) is 4.59. The summed E-state index contributed by atoms with van der Waals surface area (Å²) in [5.74, 6) is -0.502. The summed E-state index contributed by atoms with van der Waals surface area (Å²) in [5.41, 5.74) is 0.738. The fraction of sp³-hybridized carbons (Fsp3) is 0.417. The van der Waals surface area contributed by atoms with Crippen molar-refractivity contribution < 1.29 is 37.0 Å². The molecule has 1 amide bonds. The van der Waals surface area contributed by atoms with Gasteiger partial charge in [0.25, 0.3) is 0 Å². The zero-order chi connectivity index (χ0) is 24.6. The molecule has 0 aliphatic heterocycles. The maximum atomic E-state index is 12.7. The molecule has 0 aliphatic rings. The highest BCUT2D eigenvalue weighted by Gasteiger charge is 2.30. The van der Waals surface area contributed by atoms with Crippen molar-refractivity contribution in [3.05, 3.63) is 59.2 Å². The molecule has 0 heterocycles. The first kappa shape index (κ1) is 26.2. The van der Waals surface area contributed by atoms with Crippen LogP contribution in [0.15, 0.2) is 42.5 Å². The average Bonchev–Trinajstić information content (AvgIpc) is 2.73. The number of hydrogen-bond acceptors (Lipinski definition) is 5. The molecule has 0 aromatic heterocycles. The van der Waals surface area contributed by atoms with Gasteiger partial charge in [-0.2, -0.15) is 13.2 Å². The molecule has 2 rings (SSSR count). The van der Waals surface area contributed by atoms with E-state index in [1.165, 1.54) is 19.2 Å². The molecule has 0 saturated carbocycles. The quantitative estimate of drug-likeness (QED) is 0.509. The molecule has 1 N–H and O–H groups in total. The SMILES string of the molecule is CCOC(=O)C(Cc1ccc(OC)c(NC(=O)Cc2ccc(C(F)(F)F)cc2)c1)OC(C)C. The van der Waals surface area contributed by atoms with Crippen molar-refractivity contribution in [1.82, 2.24) is 0 Å². The van der Waals surface area contributed by atoms with Crippen molar-refractivity contribution in [3.8, 4) is 5.75 Å². The number of hydrogen-bond donors (Lipinski definition) is 1. The molecule has 9 heteroatoms. The molecule has 0 radical (unpaired) electrons. The topological polar surface area (TPSA) is 73.9 Å². The van der Waals surface area contributed by atoms with Gasteiger partial charge in [-0.25, -0.2) is 4.79 Å². The third kappa shape index (κ3) is 8.09. The number of rotatable bonds is 10. The minimum Gasteiger partial charge on any atom is -0.495 e. The maximum Gasteiger partial charge on any atom is 0.416 e. The number of methoxy groups -OCH3 is 1. The highest BCUT2D eigenvalue weighted by Crippen LogP contribution is 2.30. The van der Waals surface area contributed by atoms with E-state index >= 15 is 0 Å². The summed E-state index contributed by atoms with van der Waals surface area (Å²) in [7, 11) is 1.45. The molecule has 33 heavy (non-hydrogen) atoms. The third-order valence-electron chi connectivity index (χ3n) is 4.59. The first-order valence-electron chi connectivity index (χ1n) is 10.5. The molecule has 1 atom stereocenters. The molecular formula is C24H28F3NO5. The van der Waals surface area contributed by atoms with E-state index in [1.54, 1.807) is 25.1 Å². The number of nitrogens with one attached hydrogen (secondary N) is 1. The highest BCUT2D eigenvalue weighted by molar-refractivity contribution is 5.93. The van der Waals surface area contributed by atoms with Gasteiger partial charge in [0.1, 0.15) is 5.75 Å². The molecule has 2 aromatic rings. The first-order chi connectivity index (χ1) is 15.5. The summed E-state index contributed by atoms with van der Waals surface area (Å²) in [4.78, 5) is 24.8. The number of amides is 1. The van der Waals surface area contributed by atoms with Crippen LogP contribution < -0.4 is 10.1 Å². The van der Waals surface area contributed by atoms with Gasteiger partial charge in [0.05, 0.1) is 37.5 Å². The molecule has 180 valence electrons. The lowest BCUT2D eigenvalue weighted by Crippen LogP contribution is -2.31. The molecule has 0 aliphatic carbocycles. The molecule has 1 unspecified atom stereocenters. The van der Waals surface area contributed by atoms with Gasteiger partial charge in [0.2, 0.25) is 5.91 Å². The van der Waals surface area contributed by atoms with Crippen LogP contribution in [-0.4, -0.2) is 37.8 Å². The lowest BCUT2D eigenvalue weighted by Gasteiger charge is -2.20. The Morgan fingerprint density at radius 1 is 1.03 bits per heavy atom. The molecule has 0 fully saturated rings. The number of alkyl halides is 3. The van der Waals surface area contributed by atoms with Gasteiger partial charge in [-0.1, -0.05) is 18.2 Å². The molecule has 2 aromatic carbocycles. The minimum atomic E-state index is -4.44. The standard InChI is InChI=1S/C24H28F3NO5/c1-5-32-23(30)21(33-15(2)3)13-17-8-11-20(31-4)19(12-17)28-22(29)14-16-6-9-18(10-7-16)24(25,26)27/h6-12,15,21H,5,13-14H2,1-4H3,(H,28,29). The Hall–Kier alpha value is -3.07. The zero-order valence-electron chi connectivity index (χ0n) is 19.0. The van der Waals surface area contributed by atoms with Crippen molar-refractivity contribution in [1.29, 1.82) is 0 Å². The van der Waals surface area contributed by atoms with Crippen LogP contribution in [0.5, 0.6) is 5.75 Å². The van der Waals surface area contributed by atoms with E-state index in [9.17, 15) is 22.8 Å². The second-order valence-corrected chi connectivity index (χ2v) is 7.58. The van der Waals surface area contributed by atoms with E-state index in [2.05, 4.69) is 5.32 Å². The van der Waals surface area contributed by atoms with Crippen LogP contribution in [0.1, 0.15) is 37.5 Å². The number of benzene rings is 2. The van der Waals surface area contributed by atoms with Crippen molar-refractivity contribution in [3.63, 3.8) is 0 Å². The minimum absolute atomic E-state index is 0.118. The Kier molecular flexibility index (Phi) is 9.28. The zero-order valence-corrected chi connectivity index (χ0v) is 19.0. The predicted octanol–water partition coefficient (Wildman–Crippen LogP) is 4.79. The second kappa shape index (κ2) is 11.7. The van der Waals surface area contributed by atoms with Crippen LogP contribution in [0.4, 0.5) is 18.9 Å². The number of carbonyl (C=O) groups is 2. The normalized spacial score (nSPS) is 12.4. The summed E-state index contributed by atoms with van der Waals surface area (Å²) in [5, 5.41) is 2.72. The Morgan fingerprint density at radius 2 is 1.67 bits per heavy atom. The summed E-state index contributed by atoms with van der Waals surface area (Å²) in [6, 6.07) is 9.48. The number of ether oxygens (including phenoxy) is 3. The molecule has 6 nitrogen and oxygen atoms in total. The van der Waals surface area contributed by atoms with Crippen molar-refractivity contribution in [2.45, 2.75) is 52.0 Å².